The molecule has 0 saturated carbocycles. The van der Waals surface area contributed by atoms with Crippen LogP contribution >= 0.6 is 0 Å². The molecular formula is C20H19N3O6. The molecule has 0 aliphatic carbocycles. The molecule has 2 N–H and O–H groups in total. The van der Waals surface area contributed by atoms with Crippen LogP contribution in [0.15, 0.2) is 52.1 Å². The highest BCUT2D eigenvalue weighted by Gasteiger charge is 2.13. The molecule has 0 spiro atoms. The third kappa shape index (κ3) is 4.08. The van der Waals surface area contributed by atoms with Crippen LogP contribution in [-0.2, 0) is 11.3 Å². The van der Waals surface area contributed by atoms with Gasteiger partial charge in [-0.2, -0.15) is 0 Å². The van der Waals surface area contributed by atoms with E-state index in [-0.39, 0.29) is 43.4 Å². The van der Waals surface area contributed by atoms with Gasteiger partial charge < -0.3 is 19.5 Å². The number of benzene rings is 2. The lowest BCUT2D eigenvalue weighted by Gasteiger charge is -2.09. The van der Waals surface area contributed by atoms with Crippen molar-refractivity contribution in [3.8, 4) is 17.2 Å². The van der Waals surface area contributed by atoms with E-state index in [2.05, 4.69) is 10.4 Å². The van der Waals surface area contributed by atoms with E-state index < -0.39 is 0 Å². The maximum atomic E-state index is 12.4. The minimum Gasteiger partial charge on any atom is -0.492 e. The summed E-state index contributed by atoms with van der Waals surface area (Å²) in [5.41, 5.74) is -0.697. The fourth-order valence-electron chi connectivity index (χ4n) is 3.03. The highest BCUT2D eigenvalue weighted by molar-refractivity contribution is 5.80. The number of carbonyl (C=O) groups excluding carboxylic acids is 1. The normalized spacial score (nSPS) is 12.1. The number of rotatable bonds is 7. The molecule has 29 heavy (non-hydrogen) atoms. The maximum absolute atomic E-state index is 12.4. The van der Waals surface area contributed by atoms with Gasteiger partial charge in [-0.25, -0.2) is 4.68 Å². The monoisotopic (exact) mass is 397 g/mol. The average Bonchev–Trinajstić information content (AvgIpc) is 3.21. The van der Waals surface area contributed by atoms with E-state index in [1.807, 2.05) is 0 Å². The molecular weight excluding hydrogens is 378 g/mol. The Kier molecular flexibility index (Phi) is 5.19. The Morgan fingerprint density at radius 3 is 2.76 bits per heavy atom. The van der Waals surface area contributed by atoms with Crippen LogP contribution in [0, 0.1) is 0 Å². The molecule has 2 aromatic carbocycles. The van der Waals surface area contributed by atoms with Crippen LogP contribution in [0.2, 0.25) is 0 Å². The molecule has 150 valence electrons. The van der Waals surface area contributed by atoms with Gasteiger partial charge in [-0.3, -0.25) is 19.5 Å². The zero-order chi connectivity index (χ0) is 20.2. The van der Waals surface area contributed by atoms with Gasteiger partial charge in [0.2, 0.25) is 12.7 Å². The van der Waals surface area contributed by atoms with Crippen LogP contribution in [0.4, 0.5) is 0 Å². The van der Waals surface area contributed by atoms with Crippen LogP contribution < -0.4 is 30.6 Å². The first-order valence-corrected chi connectivity index (χ1v) is 9.13. The Morgan fingerprint density at radius 2 is 1.90 bits per heavy atom. The largest absolute Gasteiger partial charge is 0.492 e. The molecule has 3 aromatic rings. The highest BCUT2D eigenvalue weighted by atomic mass is 16.7. The van der Waals surface area contributed by atoms with Gasteiger partial charge in [-0.15, -0.1) is 0 Å². The van der Waals surface area contributed by atoms with Crippen molar-refractivity contribution in [1.29, 1.82) is 0 Å². The van der Waals surface area contributed by atoms with Crippen molar-refractivity contribution < 1.29 is 19.0 Å². The van der Waals surface area contributed by atoms with E-state index in [1.54, 1.807) is 42.5 Å². The van der Waals surface area contributed by atoms with E-state index in [9.17, 15) is 14.4 Å². The maximum Gasteiger partial charge on any atom is 0.273 e. The Bertz CT molecular complexity index is 1170. The molecule has 1 aromatic heterocycles. The molecule has 1 aliphatic heterocycles. The summed E-state index contributed by atoms with van der Waals surface area (Å²) < 4.78 is 17.2. The number of carbonyl (C=O) groups is 1. The second-order valence-corrected chi connectivity index (χ2v) is 6.41. The van der Waals surface area contributed by atoms with Crippen molar-refractivity contribution in [3.63, 3.8) is 0 Å². The third-order valence-corrected chi connectivity index (χ3v) is 4.48. The van der Waals surface area contributed by atoms with E-state index in [0.717, 1.165) is 4.68 Å². The first kappa shape index (κ1) is 18.6. The standard InChI is InChI=1S/C20H19N3O6/c24-18(21-8-10-27-13-5-6-16-17(11-13)29-12-28-16)7-9-23-20(26)15-4-2-1-3-14(15)19(25)22-23/h1-6,11H,7-10,12H2,(H,21,24)(H,22,25). The number of aromatic nitrogens is 2. The van der Waals surface area contributed by atoms with Crippen molar-refractivity contribution in [1.82, 2.24) is 15.1 Å². The lowest BCUT2D eigenvalue weighted by Crippen LogP contribution is -2.33. The predicted molar refractivity (Wildman–Crippen MR) is 105 cm³/mol. The van der Waals surface area contributed by atoms with Gasteiger partial charge in [-0.1, -0.05) is 12.1 Å². The van der Waals surface area contributed by atoms with Crippen LogP contribution in [0.25, 0.3) is 10.8 Å². The SMILES string of the molecule is O=C(CCn1[nH]c(=O)c2ccccc2c1=O)NCCOc1ccc2c(c1)OCO2. The zero-order valence-electron chi connectivity index (χ0n) is 15.5. The first-order chi connectivity index (χ1) is 14.1. The summed E-state index contributed by atoms with van der Waals surface area (Å²) in [6.07, 6.45) is 0.0538. The first-order valence-electron chi connectivity index (χ1n) is 9.13. The van der Waals surface area contributed by atoms with Crippen LogP contribution in [-0.4, -0.2) is 35.6 Å². The van der Waals surface area contributed by atoms with Gasteiger partial charge >= 0.3 is 0 Å². The average molecular weight is 397 g/mol. The molecule has 4 rings (SSSR count). The number of amides is 1. The lowest BCUT2D eigenvalue weighted by molar-refractivity contribution is -0.121. The molecule has 0 bridgehead atoms. The topological polar surface area (TPSA) is 112 Å². The number of hydrogen-bond donors (Lipinski definition) is 2. The van der Waals surface area contributed by atoms with Crippen molar-refractivity contribution >= 4 is 16.7 Å². The van der Waals surface area contributed by atoms with Crippen molar-refractivity contribution in [2.24, 2.45) is 0 Å². The van der Waals surface area contributed by atoms with Crippen molar-refractivity contribution in [2.75, 3.05) is 19.9 Å². The van der Waals surface area contributed by atoms with Gasteiger partial charge in [0.25, 0.3) is 11.1 Å². The third-order valence-electron chi connectivity index (χ3n) is 4.48. The Balaban J connectivity index is 1.26. The molecule has 0 fully saturated rings. The van der Waals surface area contributed by atoms with Crippen LogP contribution in [0.1, 0.15) is 6.42 Å². The second kappa shape index (κ2) is 8.09. The molecule has 0 unspecified atom stereocenters. The molecule has 9 heteroatoms. The minimum absolute atomic E-state index is 0.0538. The Labute approximate surface area is 164 Å². The molecule has 0 radical (unpaired) electrons. The number of aryl methyl sites for hydroxylation is 1. The fourth-order valence-corrected chi connectivity index (χ4v) is 3.03. The summed E-state index contributed by atoms with van der Waals surface area (Å²) in [7, 11) is 0. The second-order valence-electron chi connectivity index (χ2n) is 6.41. The summed E-state index contributed by atoms with van der Waals surface area (Å²) in [6, 6.07) is 11.8. The highest BCUT2D eigenvalue weighted by Crippen LogP contribution is 2.34. The summed E-state index contributed by atoms with van der Waals surface area (Å²) in [5.74, 6) is 1.66. The Hall–Kier alpha value is -3.75. The molecule has 0 atom stereocenters. The predicted octanol–water partition coefficient (Wildman–Crippen LogP) is 1.00. The van der Waals surface area contributed by atoms with Crippen molar-refractivity contribution in [2.45, 2.75) is 13.0 Å². The number of aromatic amines is 1. The lowest BCUT2D eigenvalue weighted by atomic mass is 10.2. The number of nitrogens with zero attached hydrogens (tertiary/aromatic N) is 1. The van der Waals surface area contributed by atoms with E-state index in [1.165, 1.54) is 0 Å². The zero-order valence-corrected chi connectivity index (χ0v) is 15.5. The van der Waals surface area contributed by atoms with E-state index in [4.69, 9.17) is 14.2 Å². The fraction of sp³-hybridized carbons (Fsp3) is 0.250. The quantitative estimate of drug-likeness (QED) is 0.576. The van der Waals surface area contributed by atoms with Crippen LogP contribution in [0.3, 0.4) is 0 Å². The van der Waals surface area contributed by atoms with Crippen molar-refractivity contribution in [3.05, 3.63) is 63.2 Å². The van der Waals surface area contributed by atoms with E-state index >= 15 is 0 Å². The van der Waals surface area contributed by atoms with Gasteiger partial charge in [0.1, 0.15) is 12.4 Å². The number of H-pyrrole nitrogens is 1. The molecule has 1 aliphatic rings. The number of nitrogens with one attached hydrogen (secondary N) is 2. The molecule has 2 heterocycles. The Morgan fingerprint density at radius 1 is 1.10 bits per heavy atom. The van der Waals surface area contributed by atoms with Crippen LogP contribution in [0.5, 0.6) is 17.2 Å². The minimum atomic E-state index is -0.363. The van der Waals surface area contributed by atoms with Gasteiger partial charge in [0.15, 0.2) is 11.5 Å². The van der Waals surface area contributed by atoms with E-state index in [0.29, 0.717) is 34.6 Å². The summed E-state index contributed by atoms with van der Waals surface area (Å²) in [6.45, 7) is 0.850. The number of hydrogen-bond acceptors (Lipinski definition) is 6. The summed E-state index contributed by atoms with van der Waals surface area (Å²) in [4.78, 5) is 36.5. The molecule has 0 saturated heterocycles. The smallest absolute Gasteiger partial charge is 0.273 e. The number of ether oxygens (including phenoxy) is 3. The molecule has 9 nitrogen and oxygen atoms in total. The van der Waals surface area contributed by atoms with Gasteiger partial charge in [0, 0.05) is 12.5 Å². The summed E-state index contributed by atoms with van der Waals surface area (Å²) in [5, 5.41) is 5.88. The number of fused-ring (bicyclic) bond motifs is 2. The van der Waals surface area contributed by atoms with Gasteiger partial charge in [0.05, 0.1) is 23.9 Å². The van der Waals surface area contributed by atoms with Gasteiger partial charge in [-0.05, 0) is 24.3 Å². The summed E-state index contributed by atoms with van der Waals surface area (Å²) >= 11 is 0. The molecule has 1 amide bonds.